The molecule has 1 heterocycles. The lowest BCUT2D eigenvalue weighted by Crippen LogP contribution is -2.36. The van der Waals surface area contributed by atoms with Crippen molar-refractivity contribution in [1.29, 1.82) is 0 Å². The molecule has 2 N–H and O–H groups in total. The minimum Gasteiger partial charge on any atom is -0.478 e. The zero-order chi connectivity index (χ0) is 14.9. The summed E-state index contributed by atoms with van der Waals surface area (Å²) in [6, 6.07) is 2.60. The van der Waals surface area contributed by atoms with E-state index in [9.17, 15) is 22.8 Å². The van der Waals surface area contributed by atoms with Crippen LogP contribution in [0.15, 0.2) is 12.1 Å². The van der Waals surface area contributed by atoms with Crippen LogP contribution in [0.2, 0.25) is 0 Å². The first kappa shape index (κ1) is 14.3. The quantitative estimate of drug-likeness (QED) is 0.886. The number of carboxylic acid groups (broad SMARTS) is 1. The predicted molar refractivity (Wildman–Crippen MR) is 61.1 cm³/mol. The van der Waals surface area contributed by atoms with Crippen LogP contribution in [0, 0.1) is 0 Å². The monoisotopic (exact) mass is 288 g/mol. The average Bonchev–Trinajstić information content (AvgIpc) is 3.18. The number of halogens is 3. The van der Waals surface area contributed by atoms with Crippen molar-refractivity contribution in [3.8, 4) is 0 Å². The molecular formula is C12H11F3N2O3. The number of nitrogens with zero attached hydrogens (tertiary/aromatic N) is 1. The standard InChI is InChI=1S/C12H11F3N2O3/c13-12(14,15)11(20)16-5-7-3-4-8(10(18)19)9(17-7)6-1-2-6/h3-4,6H,1-2,5H2,(H,16,20)(H,18,19). The highest BCUT2D eigenvalue weighted by Crippen LogP contribution is 2.40. The Hall–Kier alpha value is -2.12. The molecule has 2 rings (SSSR count). The molecule has 1 aromatic heterocycles. The van der Waals surface area contributed by atoms with Crippen molar-refractivity contribution in [2.24, 2.45) is 0 Å². The van der Waals surface area contributed by atoms with E-state index in [1.165, 1.54) is 12.1 Å². The number of alkyl halides is 3. The van der Waals surface area contributed by atoms with E-state index in [1.807, 2.05) is 0 Å². The van der Waals surface area contributed by atoms with Gasteiger partial charge in [-0.15, -0.1) is 0 Å². The van der Waals surface area contributed by atoms with Gasteiger partial charge in [0.25, 0.3) is 0 Å². The average molecular weight is 288 g/mol. The lowest BCUT2D eigenvalue weighted by molar-refractivity contribution is -0.173. The summed E-state index contributed by atoms with van der Waals surface area (Å²) in [5, 5.41) is 10.7. The molecule has 0 bridgehead atoms. The first-order chi connectivity index (χ1) is 9.29. The molecule has 0 radical (unpaired) electrons. The summed E-state index contributed by atoms with van der Waals surface area (Å²) in [6.07, 6.45) is -3.32. The number of rotatable bonds is 4. The molecule has 0 saturated heterocycles. The summed E-state index contributed by atoms with van der Waals surface area (Å²) in [5.41, 5.74) is 0.629. The minimum absolute atomic E-state index is 0.0411. The first-order valence-corrected chi connectivity index (χ1v) is 5.87. The third-order valence-corrected chi connectivity index (χ3v) is 2.86. The van der Waals surface area contributed by atoms with Crippen molar-refractivity contribution >= 4 is 11.9 Å². The molecule has 0 unspecified atom stereocenters. The van der Waals surface area contributed by atoms with Crippen molar-refractivity contribution in [2.45, 2.75) is 31.5 Å². The molecule has 1 fully saturated rings. The molecule has 1 saturated carbocycles. The van der Waals surface area contributed by atoms with Crippen molar-refractivity contribution in [2.75, 3.05) is 0 Å². The van der Waals surface area contributed by atoms with Crippen molar-refractivity contribution in [3.05, 3.63) is 29.1 Å². The van der Waals surface area contributed by atoms with Gasteiger partial charge in [-0.25, -0.2) is 4.79 Å². The number of aromatic nitrogens is 1. The fourth-order valence-electron chi connectivity index (χ4n) is 1.74. The Morgan fingerprint density at radius 1 is 1.35 bits per heavy atom. The van der Waals surface area contributed by atoms with Crippen LogP contribution in [-0.4, -0.2) is 28.1 Å². The molecule has 1 aromatic rings. The number of pyridine rings is 1. The zero-order valence-electron chi connectivity index (χ0n) is 10.2. The second-order valence-corrected chi connectivity index (χ2v) is 4.50. The van der Waals surface area contributed by atoms with Gasteiger partial charge in [0.05, 0.1) is 23.5 Å². The van der Waals surface area contributed by atoms with Gasteiger partial charge in [-0.3, -0.25) is 9.78 Å². The van der Waals surface area contributed by atoms with Crippen LogP contribution in [0.3, 0.4) is 0 Å². The smallest absolute Gasteiger partial charge is 0.471 e. The lowest BCUT2D eigenvalue weighted by atomic mass is 10.1. The van der Waals surface area contributed by atoms with E-state index in [0.717, 1.165) is 12.8 Å². The van der Waals surface area contributed by atoms with E-state index in [0.29, 0.717) is 5.69 Å². The SMILES string of the molecule is O=C(O)c1ccc(CNC(=O)C(F)(F)F)nc1C1CC1. The molecule has 0 atom stereocenters. The van der Waals surface area contributed by atoms with Gasteiger partial charge in [-0.1, -0.05) is 0 Å². The fourth-order valence-corrected chi connectivity index (χ4v) is 1.74. The van der Waals surface area contributed by atoms with Gasteiger partial charge in [-0.2, -0.15) is 13.2 Å². The Balaban J connectivity index is 2.12. The third kappa shape index (κ3) is 3.25. The van der Waals surface area contributed by atoms with E-state index >= 15 is 0 Å². The summed E-state index contributed by atoms with van der Waals surface area (Å²) in [5.74, 6) is -3.13. The fraction of sp³-hybridized carbons (Fsp3) is 0.417. The maximum absolute atomic E-state index is 12.0. The largest absolute Gasteiger partial charge is 0.478 e. The molecular weight excluding hydrogens is 277 g/mol. The Kier molecular flexibility index (Phi) is 3.65. The maximum atomic E-state index is 12.0. The molecule has 20 heavy (non-hydrogen) atoms. The summed E-state index contributed by atoms with van der Waals surface area (Å²) >= 11 is 0. The number of hydrogen-bond donors (Lipinski definition) is 2. The minimum atomic E-state index is -4.94. The highest BCUT2D eigenvalue weighted by Gasteiger charge is 2.38. The van der Waals surface area contributed by atoms with Crippen LogP contribution in [0.5, 0.6) is 0 Å². The van der Waals surface area contributed by atoms with Crippen LogP contribution in [0.4, 0.5) is 13.2 Å². The van der Waals surface area contributed by atoms with Crippen LogP contribution in [0.1, 0.15) is 40.5 Å². The molecule has 5 nitrogen and oxygen atoms in total. The molecule has 1 amide bonds. The molecule has 8 heteroatoms. The van der Waals surface area contributed by atoms with Crippen LogP contribution >= 0.6 is 0 Å². The number of carboxylic acids is 1. The predicted octanol–water partition coefficient (Wildman–Crippen LogP) is 1.84. The molecule has 0 aliphatic heterocycles. The summed E-state index contributed by atoms with van der Waals surface area (Å²) < 4.78 is 36.1. The number of carbonyl (C=O) groups is 2. The van der Waals surface area contributed by atoms with Gasteiger partial charge >= 0.3 is 18.1 Å². The van der Waals surface area contributed by atoms with Gasteiger partial charge in [0.1, 0.15) is 0 Å². The van der Waals surface area contributed by atoms with Crippen LogP contribution in [0.25, 0.3) is 0 Å². The van der Waals surface area contributed by atoms with Gasteiger partial charge in [-0.05, 0) is 25.0 Å². The second kappa shape index (κ2) is 5.10. The lowest BCUT2D eigenvalue weighted by Gasteiger charge is -2.10. The van der Waals surface area contributed by atoms with Gasteiger partial charge in [0.15, 0.2) is 0 Å². The number of nitrogens with one attached hydrogen (secondary N) is 1. The Labute approximate surface area is 111 Å². The maximum Gasteiger partial charge on any atom is 0.471 e. The molecule has 108 valence electrons. The van der Waals surface area contributed by atoms with Crippen LogP contribution in [-0.2, 0) is 11.3 Å². The van der Waals surface area contributed by atoms with E-state index in [-0.39, 0.29) is 17.2 Å². The Morgan fingerprint density at radius 2 is 2.00 bits per heavy atom. The number of hydrogen-bond acceptors (Lipinski definition) is 3. The van der Waals surface area contributed by atoms with Gasteiger partial charge < -0.3 is 10.4 Å². The van der Waals surface area contributed by atoms with E-state index < -0.39 is 24.6 Å². The van der Waals surface area contributed by atoms with Gasteiger partial charge in [0.2, 0.25) is 0 Å². The van der Waals surface area contributed by atoms with E-state index in [4.69, 9.17) is 5.11 Å². The first-order valence-electron chi connectivity index (χ1n) is 5.87. The Morgan fingerprint density at radius 3 is 2.50 bits per heavy atom. The summed E-state index contributed by atoms with van der Waals surface area (Å²) in [6.45, 7) is -0.391. The molecule has 0 spiro atoms. The van der Waals surface area contributed by atoms with E-state index in [2.05, 4.69) is 4.98 Å². The van der Waals surface area contributed by atoms with Crippen molar-refractivity contribution in [3.63, 3.8) is 0 Å². The molecule has 0 aromatic carbocycles. The highest BCUT2D eigenvalue weighted by atomic mass is 19.4. The Bertz CT molecular complexity index is 553. The second-order valence-electron chi connectivity index (χ2n) is 4.50. The molecule has 1 aliphatic carbocycles. The van der Waals surface area contributed by atoms with Crippen LogP contribution < -0.4 is 5.32 Å². The normalized spacial score (nSPS) is 14.9. The molecule has 1 aliphatic rings. The number of carbonyl (C=O) groups excluding carboxylic acids is 1. The summed E-state index contributed by atoms with van der Waals surface area (Å²) in [4.78, 5) is 25.7. The van der Waals surface area contributed by atoms with Crippen molar-refractivity contribution in [1.82, 2.24) is 10.3 Å². The number of aromatic carboxylic acids is 1. The number of amides is 1. The topological polar surface area (TPSA) is 79.3 Å². The van der Waals surface area contributed by atoms with Crippen molar-refractivity contribution < 1.29 is 27.9 Å². The third-order valence-electron chi connectivity index (χ3n) is 2.86. The highest BCUT2D eigenvalue weighted by molar-refractivity contribution is 5.89. The summed E-state index contributed by atoms with van der Waals surface area (Å²) in [7, 11) is 0. The van der Waals surface area contributed by atoms with Gasteiger partial charge in [0, 0.05) is 5.92 Å². The van der Waals surface area contributed by atoms with E-state index in [1.54, 1.807) is 5.32 Å². The zero-order valence-corrected chi connectivity index (χ0v) is 10.2.